The average Bonchev–Trinajstić information content (AvgIpc) is 3.29. The molecule has 0 saturated heterocycles. The first-order chi connectivity index (χ1) is 16.3. The van der Waals surface area contributed by atoms with Crippen LogP contribution in [0.15, 0.2) is 58.4 Å². The topological polar surface area (TPSA) is 55.8 Å². The highest BCUT2D eigenvalue weighted by atomic mass is 35.5. The van der Waals surface area contributed by atoms with Crippen LogP contribution >= 0.6 is 23.4 Å². The molecule has 1 aromatic carbocycles. The Morgan fingerprint density at radius 1 is 1.29 bits per heavy atom. The van der Waals surface area contributed by atoms with Crippen LogP contribution < -0.4 is 9.64 Å². The first-order valence-corrected chi connectivity index (χ1v) is 12.2. The smallest absolute Gasteiger partial charge is 0.467 e. The number of benzene rings is 1. The van der Waals surface area contributed by atoms with Gasteiger partial charge >= 0.3 is 6.36 Å². The van der Waals surface area contributed by atoms with Gasteiger partial charge in [-0.25, -0.2) is 4.98 Å². The molecule has 11 heteroatoms. The van der Waals surface area contributed by atoms with E-state index >= 15 is 0 Å². The fourth-order valence-corrected chi connectivity index (χ4v) is 4.72. The summed E-state index contributed by atoms with van der Waals surface area (Å²) < 4.78 is 49.3. The van der Waals surface area contributed by atoms with Crippen LogP contribution in [0.5, 0.6) is 5.75 Å². The van der Waals surface area contributed by atoms with E-state index in [4.69, 9.17) is 21.0 Å². The van der Waals surface area contributed by atoms with Crippen LogP contribution in [0.4, 0.5) is 19.0 Å². The molecule has 0 bridgehead atoms. The summed E-state index contributed by atoms with van der Waals surface area (Å²) in [5, 5.41) is 0.901. The highest BCUT2D eigenvalue weighted by molar-refractivity contribution is 7.98. The average molecular weight is 509 g/mol. The Morgan fingerprint density at radius 2 is 2.12 bits per heavy atom. The minimum Gasteiger partial charge on any atom is -0.467 e. The number of aromatic nitrogens is 3. The summed E-state index contributed by atoms with van der Waals surface area (Å²) in [5.74, 6) is 1.99. The molecule has 0 N–H and O–H groups in total. The number of hydrogen-bond acceptors (Lipinski definition) is 6. The van der Waals surface area contributed by atoms with Crippen molar-refractivity contribution in [2.24, 2.45) is 5.92 Å². The first kappa shape index (κ1) is 22.9. The maximum atomic E-state index is 12.6. The molecule has 1 aliphatic rings. The van der Waals surface area contributed by atoms with E-state index in [2.05, 4.69) is 14.6 Å². The van der Waals surface area contributed by atoms with Gasteiger partial charge in [0, 0.05) is 24.5 Å². The zero-order valence-electron chi connectivity index (χ0n) is 18.1. The third kappa shape index (κ3) is 4.83. The molecule has 3 aromatic heterocycles. The van der Waals surface area contributed by atoms with Gasteiger partial charge in [-0.05, 0) is 55.3 Å². The van der Waals surface area contributed by atoms with Crippen molar-refractivity contribution in [1.82, 2.24) is 14.4 Å². The third-order valence-electron chi connectivity index (χ3n) is 5.51. The van der Waals surface area contributed by atoms with Gasteiger partial charge in [0.1, 0.15) is 28.0 Å². The van der Waals surface area contributed by atoms with Crippen LogP contribution in [0, 0.1) is 5.92 Å². The van der Waals surface area contributed by atoms with Gasteiger partial charge in [-0.3, -0.25) is 9.38 Å². The number of halogens is 4. The molecule has 0 unspecified atom stereocenters. The van der Waals surface area contributed by atoms with Crippen molar-refractivity contribution >= 4 is 34.8 Å². The van der Waals surface area contributed by atoms with Gasteiger partial charge in [0.25, 0.3) is 0 Å². The van der Waals surface area contributed by atoms with Crippen LogP contribution in [-0.2, 0) is 6.54 Å². The molecule has 0 aliphatic heterocycles. The Kier molecular flexibility index (Phi) is 6.11. The number of imidazole rings is 1. The molecule has 4 aromatic rings. The predicted molar refractivity (Wildman–Crippen MR) is 124 cm³/mol. The molecule has 1 fully saturated rings. The van der Waals surface area contributed by atoms with Crippen LogP contribution in [0.3, 0.4) is 0 Å². The maximum Gasteiger partial charge on any atom is 0.573 e. The summed E-state index contributed by atoms with van der Waals surface area (Å²) in [6, 6.07) is 7.62. The molecule has 178 valence electrons. The minimum absolute atomic E-state index is 0.0861. The van der Waals surface area contributed by atoms with E-state index in [0.29, 0.717) is 29.4 Å². The Balaban J connectivity index is 1.58. The van der Waals surface area contributed by atoms with E-state index in [1.807, 2.05) is 29.0 Å². The fraction of sp³-hybridized carbons (Fsp3) is 0.304. The second-order valence-electron chi connectivity index (χ2n) is 8.01. The Labute approximate surface area is 202 Å². The van der Waals surface area contributed by atoms with E-state index in [9.17, 15) is 13.2 Å². The number of fused-ring (bicyclic) bond motifs is 1. The SMILES string of the molecule is CSc1nc2c(-c3ccc(OC(F)(F)F)cc3Cl)nccn2c1N(Cc1ccco1)CC1CC1. The zero-order valence-corrected chi connectivity index (χ0v) is 19.6. The number of alkyl halides is 3. The number of nitrogens with zero attached hydrogens (tertiary/aromatic N) is 4. The summed E-state index contributed by atoms with van der Waals surface area (Å²) >= 11 is 7.87. The Hall–Kier alpha value is -2.85. The van der Waals surface area contributed by atoms with E-state index < -0.39 is 12.1 Å². The van der Waals surface area contributed by atoms with E-state index in [-0.39, 0.29) is 5.02 Å². The lowest BCUT2D eigenvalue weighted by Gasteiger charge is -2.24. The van der Waals surface area contributed by atoms with E-state index in [0.717, 1.165) is 29.2 Å². The molecule has 1 aliphatic carbocycles. The quantitative estimate of drug-likeness (QED) is 0.247. The van der Waals surface area contributed by atoms with Crippen LogP contribution in [0.2, 0.25) is 5.02 Å². The largest absolute Gasteiger partial charge is 0.573 e. The second-order valence-corrected chi connectivity index (χ2v) is 9.21. The van der Waals surface area contributed by atoms with Gasteiger partial charge in [0.05, 0.1) is 17.8 Å². The Morgan fingerprint density at radius 3 is 2.76 bits per heavy atom. The highest BCUT2D eigenvalue weighted by Gasteiger charge is 2.32. The van der Waals surface area contributed by atoms with Crippen molar-refractivity contribution in [3.05, 3.63) is 59.8 Å². The van der Waals surface area contributed by atoms with Gasteiger partial charge in [0.2, 0.25) is 0 Å². The highest BCUT2D eigenvalue weighted by Crippen LogP contribution is 2.39. The zero-order chi connectivity index (χ0) is 23.9. The number of ether oxygens (including phenoxy) is 1. The third-order valence-corrected chi connectivity index (χ3v) is 6.48. The summed E-state index contributed by atoms with van der Waals surface area (Å²) in [7, 11) is 0. The van der Waals surface area contributed by atoms with Gasteiger partial charge in [0.15, 0.2) is 5.65 Å². The van der Waals surface area contributed by atoms with Crippen molar-refractivity contribution in [2.75, 3.05) is 17.7 Å². The van der Waals surface area contributed by atoms with Gasteiger partial charge in [-0.2, -0.15) is 0 Å². The first-order valence-electron chi connectivity index (χ1n) is 10.6. The lowest BCUT2D eigenvalue weighted by atomic mass is 10.1. The molecule has 0 spiro atoms. The summed E-state index contributed by atoms with van der Waals surface area (Å²) in [4.78, 5) is 11.5. The normalized spacial score (nSPS) is 14.0. The number of thioether (sulfide) groups is 1. The molecule has 0 atom stereocenters. The van der Waals surface area contributed by atoms with Crippen molar-refractivity contribution in [2.45, 2.75) is 30.8 Å². The van der Waals surface area contributed by atoms with Gasteiger partial charge in [-0.15, -0.1) is 24.9 Å². The van der Waals surface area contributed by atoms with Crippen molar-refractivity contribution in [1.29, 1.82) is 0 Å². The molecule has 0 radical (unpaired) electrons. The number of rotatable bonds is 8. The number of furan rings is 1. The lowest BCUT2D eigenvalue weighted by molar-refractivity contribution is -0.274. The second kappa shape index (κ2) is 9.07. The molecule has 5 rings (SSSR count). The number of hydrogen-bond donors (Lipinski definition) is 0. The predicted octanol–water partition coefficient (Wildman–Crippen LogP) is 6.68. The molecule has 3 heterocycles. The van der Waals surface area contributed by atoms with Crippen molar-refractivity contribution in [3.8, 4) is 17.0 Å². The van der Waals surface area contributed by atoms with Crippen molar-refractivity contribution < 1.29 is 22.3 Å². The molecule has 0 amide bonds. The van der Waals surface area contributed by atoms with Crippen LogP contribution in [0.1, 0.15) is 18.6 Å². The van der Waals surface area contributed by atoms with Gasteiger partial charge in [-0.1, -0.05) is 11.6 Å². The Bertz CT molecular complexity index is 1310. The van der Waals surface area contributed by atoms with Gasteiger partial charge < -0.3 is 14.1 Å². The molecule has 6 nitrogen and oxygen atoms in total. The fourth-order valence-electron chi connectivity index (χ4n) is 3.87. The lowest BCUT2D eigenvalue weighted by Crippen LogP contribution is -2.26. The standard InChI is InChI=1S/C23H20ClF3N4O2S/c1-34-21-22(30(12-14-4-5-14)13-16-3-2-10-32-16)31-9-8-28-19(20(31)29-21)17-7-6-15(11-18(17)24)33-23(25,26)27/h2-3,6-11,14H,4-5,12-13H2,1H3. The maximum absolute atomic E-state index is 12.6. The minimum atomic E-state index is -4.80. The van der Waals surface area contributed by atoms with Crippen LogP contribution in [0.25, 0.3) is 16.9 Å². The summed E-state index contributed by atoms with van der Waals surface area (Å²) in [6.45, 7) is 1.46. The van der Waals surface area contributed by atoms with Crippen LogP contribution in [-0.4, -0.2) is 33.5 Å². The summed E-state index contributed by atoms with van der Waals surface area (Å²) in [5.41, 5.74) is 1.50. The molecular formula is C23H20ClF3N4O2S. The number of anilines is 1. The molecule has 34 heavy (non-hydrogen) atoms. The monoisotopic (exact) mass is 508 g/mol. The van der Waals surface area contributed by atoms with E-state index in [1.54, 1.807) is 12.5 Å². The molecule has 1 saturated carbocycles. The molecular weight excluding hydrogens is 489 g/mol. The summed E-state index contributed by atoms with van der Waals surface area (Å²) in [6.07, 6.45) is 4.66. The van der Waals surface area contributed by atoms with E-state index in [1.165, 1.54) is 36.7 Å². The van der Waals surface area contributed by atoms with Crippen molar-refractivity contribution in [3.63, 3.8) is 0 Å².